The van der Waals surface area contributed by atoms with Crippen LogP contribution >= 0.6 is 23.5 Å². The number of aliphatic hydroxyl groups excluding tert-OH is 2. The first-order chi connectivity index (χ1) is 22.0. The van der Waals surface area contributed by atoms with Crippen molar-refractivity contribution in [3.63, 3.8) is 0 Å². The van der Waals surface area contributed by atoms with Gasteiger partial charge >= 0.3 is 70.4 Å². The first-order valence-electron chi connectivity index (χ1n) is 14.6. The maximum absolute atomic E-state index is 9.34. The second-order valence-corrected chi connectivity index (χ2v) is 36.0. The quantitative estimate of drug-likeness (QED) is 0.154. The predicted octanol–water partition coefficient (Wildman–Crippen LogP) is 2.35. The van der Waals surface area contributed by atoms with E-state index in [1.54, 1.807) is 23.5 Å². The summed E-state index contributed by atoms with van der Waals surface area (Å²) >= 11 is 3.19. The van der Waals surface area contributed by atoms with E-state index in [2.05, 4.69) is 39.5 Å². The predicted molar refractivity (Wildman–Crippen MR) is 188 cm³/mol. The average Bonchev–Trinajstić information content (AvgIpc) is 3.00. The van der Waals surface area contributed by atoms with Crippen LogP contribution in [0.1, 0.15) is 12.8 Å². The van der Waals surface area contributed by atoms with E-state index in [0.717, 1.165) is 0 Å². The minimum Gasteiger partial charge on any atom is -0.396 e. The lowest BCUT2D eigenvalue weighted by atomic mass is 10.5. The molecule has 256 valence electrons. The van der Waals surface area contributed by atoms with Crippen molar-refractivity contribution in [2.75, 3.05) is 36.2 Å². The van der Waals surface area contributed by atoms with Crippen molar-refractivity contribution >= 4 is 94.0 Å². The van der Waals surface area contributed by atoms with Crippen molar-refractivity contribution in [2.24, 2.45) is 0 Å². The van der Waals surface area contributed by atoms with Gasteiger partial charge in [0.15, 0.2) is 0 Å². The first kappa shape index (κ1) is 37.6. The van der Waals surface area contributed by atoms with E-state index in [9.17, 15) is 10.2 Å². The van der Waals surface area contributed by atoms with E-state index in [1.807, 2.05) is 0 Å². The fourth-order valence-corrected chi connectivity index (χ4v) is 50.6. The maximum atomic E-state index is 9.34. The zero-order valence-electron chi connectivity index (χ0n) is 25.4. The lowest BCUT2D eigenvalue weighted by Gasteiger charge is -2.61. The number of aliphatic hydroxyl groups is 2. The normalized spacial score (nSPS) is 44.2. The van der Waals surface area contributed by atoms with Crippen molar-refractivity contribution in [3.8, 4) is 0 Å². The number of rotatable bonds is 18. The van der Waals surface area contributed by atoms with Crippen LogP contribution in [0, 0.1) is 0 Å². The van der Waals surface area contributed by atoms with Gasteiger partial charge in [-0.15, -0.1) is 39.5 Å². The van der Waals surface area contributed by atoms with Gasteiger partial charge in [0, 0.05) is 25.3 Å². The highest BCUT2D eigenvalue weighted by molar-refractivity contribution is 7.99. The fraction of sp³-hybridized carbons (Fsp3) is 0.455. The topological polar surface area (TPSA) is 151 Å². The molecular formula is C22H40O14S2Si8. The highest BCUT2D eigenvalue weighted by atomic mass is 32.2. The zero-order chi connectivity index (χ0) is 33.2. The van der Waals surface area contributed by atoms with Crippen LogP contribution in [0.3, 0.4) is 0 Å². The molecule has 0 radical (unpaired) electrons. The molecule has 8 bridgehead atoms. The lowest BCUT2D eigenvalue weighted by molar-refractivity contribution is -0.0117. The Morgan fingerprint density at radius 1 is 0.391 bits per heavy atom. The molecule has 0 aromatic rings. The van der Waals surface area contributed by atoms with Crippen LogP contribution in [0.2, 0.25) is 12.1 Å². The first-order valence-corrected chi connectivity index (χ1v) is 31.6. The Balaban J connectivity index is 1.75. The van der Waals surface area contributed by atoms with E-state index in [4.69, 9.17) is 49.4 Å². The van der Waals surface area contributed by atoms with Crippen LogP contribution < -0.4 is 0 Å². The van der Waals surface area contributed by atoms with Crippen molar-refractivity contribution in [3.05, 3.63) is 73.7 Å². The molecule has 4 atom stereocenters. The van der Waals surface area contributed by atoms with Crippen LogP contribution in [0.5, 0.6) is 0 Å². The summed E-state index contributed by atoms with van der Waals surface area (Å²) in [6, 6.07) is 0.489. The fourth-order valence-electron chi connectivity index (χ4n) is 4.98. The van der Waals surface area contributed by atoms with Crippen LogP contribution in [0.4, 0.5) is 0 Å². The molecule has 6 aliphatic rings. The third-order valence-corrected chi connectivity index (χ3v) is 42.5. The molecule has 4 unspecified atom stereocenters. The zero-order valence-corrected chi connectivity index (χ0v) is 35.0. The van der Waals surface area contributed by atoms with Gasteiger partial charge in [0.1, 0.15) is 0 Å². The number of hydrogen-bond donors (Lipinski definition) is 2. The Labute approximate surface area is 286 Å². The minimum absolute atomic E-state index is 0.0688. The molecule has 46 heavy (non-hydrogen) atoms. The van der Waals surface area contributed by atoms with Crippen LogP contribution in [0.15, 0.2) is 73.7 Å². The highest BCUT2D eigenvalue weighted by Crippen LogP contribution is 2.51. The van der Waals surface area contributed by atoms with Gasteiger partial charge in [0.25, 0.3) is 0 Å². The maximum Gasteiger partial charge on any atom is 0.507 e. The molecule has 24 heteroatoms. The van der Waals surface area contributed by atoms with Gasteiger partial charge < -0.3 is 59.6 Å². The van der Waals surface area contributed by atoms with Crippen molar-refractivity contribution in [1.82, 2.24) is 0 Å². The molecule has 0 spiro atoms. The second kappa shape index (κ2) is 14.5. The molecule has 6 aliphatic heterocycles. The van der Waals surface area contributed by atoms with Crippen molar-refractivity contribution in [2.45, 2.75) is 24.9 Å². The molecule has 0 aromatic heterocycles. The SMILES string of the molecule is C=C[Si]12O[Si]3(C=C)O[Si]4(C=C)O[Si](C=C)(O1)O[Si]1(CCSCCCO)O[Si](C=C)(O2)O[Si](C=C)(O3)O[Si](CCSCCCO)(O4)O1. The Bertz CT molecular complexity index is 1090. The number of hydrogen-bond acceptors (Lipinski definition) is 16. The van der Waals surface area contributed by atoms with E-state index < -0.39 is 70.4 Å². The largest absolute Gasteiger partial charge is 0.507 e. The molecular weight excluding hydrogens is 777 g/mol. The molecule has 0 aliphatic carbocycles. The molecule has 6 rings (SSSR count). The van der Waals surface area contributed by atoms with Gasteiger partial charge in [0.05, 0.1) is 0 Å². The Kier molecular flexibility index (Phi) is 11.8. The minimum atomic E-state index is -4.17. The van der Waals surface area contributed by atoms with E-state index in [-0.39, 0.29) is 25.3 Å². The molecule has 2 N–H and O–H groups in total. The Hall–Kier alpha value is 0.315. The molecule has 14 nitrogen and oxygen atoms in total. The summed E-state index contributed by atoms with van der Waals surface area (Å²) in [5.41, 5.74) is 8.53. The van der Waals surface area contributed by atoms with Gasteiger partial charge in [0.2, 0.25) is 0 Å². The van der Waals surface area contributed by atoms with Crippen LogP contribution in [-0.4, -0.2) is 117 Å². The molecule has 0 aromatic carbocycles. The summed E-state index contributed by atoms with van der Waals surface area (Å²) < 4.78 is 82.6. The smallest absolute Gasteiger partial charge is 0.396 e. The van der Waals surface area contributed by atoms with Gasteiger partial charge in [-0.25, -0.2) is 0 Å². The molecule has 0 saturated carbocycles. The van der Waals surface area contributed by atoms with E-state index >= 15 is 0 Å². The molecule has 6 heterocycles. The summed E-state index contributed by atoms with van der Waals surface area (Å²) in [6.45, 7) is 24.2. The monoisotopic (exact) mass is 816 g/mol. The molecule has 6 fully saturated rings. The average molecular weight is 817 g/mol. The van der Waals surface area contributed by atoms with E-state index in [1.165, 1.54) is 34.2 Å². The summed E-state index contributed by atoms with van der Waals surface area (Å²) in [5.74, 6) is 2.42. The van der Waals surface area contributed by atoms with Crippen molar-refractivity contribution < 1.29 is 59.6 Å². The van der Waals surface area contributed by atoms with Gasteiger partial charge in [-0.3, -0.25) is 0 Å². The van der Waals surface area contributed by atoms with Gasteiger partial charge in [-0.05, 0) is 70.0 Å². The molecule has 0 amide bonds. The number of thioether (sulfide) groups is 2. The Morgan fingerprint density at radius 2 is 0.652 bits per heavy atom. The van der Waals surface area contributed by atoms with Crippen LogP contribution in [-0.2, 0) is 49.4 Å². The Morgan fingerprint density at radius 3 is 0.891 bits per heavy atom. The van der Waals surface area contributed by atoms with Gasteiger partial charge in [-0.1, -0.05) is 0 Å². The van der Waals surface area contributed by atoms with Gasteiger partial charge in [-0.2, -0.15) is 23.5 Å². The second-order valence-electron chi connectivity index (χ2n) is 10.3. The summed E-state index contributed by atoms with van der Waals surface area (Å²) in [4.78, 5) is 0. The summed E-state index contributed by atoms with van der Waals surface area (Å²) in [7, 11) is -33.1. The lowest BCUT2D eigenvalue weighted by Crippen LogP contribution is -2.87. The van der Waals surface area contributed by atoms with E-state index in [0.29, 0.717) is 35.9 Å². The standard InChI is InChI=1S/C22H40O14S2Si8/c1-7-39-25-40(8-2)28-43(11-5)30-41(9-3,26-39)32-45(21-19-37-17-13-15-23)33-42(10-4,27-39)31-44(12-6,29-40)35-46(34-43,36-45)22-20-38-18-14-16-24/h7-12,23-24H,1-6,13-22H2. The third kappa shape index (κ3) is 7.36. The molecule has 6 saturated heterocycles. The highest BCUT2D eigenvalue weighted by Gasteiger charge is 2.81. The third-order valence-electron chi connectivity index (χ3n) is 6.99. The summed E-state index contributed by atoms with van der Waals surface area (Å²) in [6.07, 6.45) is 1.23. The van der Waals surface area contributed by atoms with Crippen LogP contribution in [0.25, 0.3) is 0 Å². The summed E-state index contributed by atoms with van der Waals surface area (Å²) in [5, 5.41) is 18.7. The van der Waals surface area contributed by atoms with Crippen molar-refractivity contribution in [1.29, 1.82) is 0 Å².